The molecule has 0 unspecified atom stereocenters. The summed E-state index contributed by atoms with van der Waals surface area (Å²) in [6, 6.07) is 10.1. The first-order chi connectivity index (χ1) is 9.83. The molecule has 2 aromatic rings. The van der Waals surface area contributed by atoms with Crippen molar-refractivity contribution in [2.45, 2.75) is 6.92 Å². The summed E-state index contributed by atoms with van der Waals surface area (Å²) < 4.78 is 5.36. The number of benzene rings is 1. The smallest absolute Gasteiger partial charge is 0.229 e. The van der Waals surface area contributed by atoms with Crippen LogP contribution in [-0.2, 0) is 4.74 Å². The predicted molar refractivity (Wildman–Crippen MR) is 79.5 cm³/mol. The fourth-order valence-corrected chi connectivity index (χ4v) is 2.21. The molecule has 2 heterocycles. The molecule has 3 rings (SSSR count). The Hall–Kier alpha value is -2.14. The van der Waals surface area contributed by atoms with Gasteiger partial charge in [0.1, 0.15) is 5.82 Å². The lowest BCUT2D eigenvalue weighted by Gasteiger charge is -2.27. The molecule has 5 heteroatoms. The van der Waals surface area contributed by atoms with Crippen molar-refractivity contribution in [3.05, 3.63) is 42.1 Å². The number of ether oxygens (including phenoxy) is 1. The Balaban J connectivity index is 1.79. The molecule has 1 aliphatic heterocycles. The molecule has 0 bridgehead atoms. The lowest BCUT2D eigenvalue weighted by atomic mass is 10.2. The van der Waals surface area contributed by atoms with Crippen LogP contribution in [-0.4, -0.2) is 36.3 Å². The average molecular weight is 270 g/mol. The molecule has 1 aliphatic rings. The highest BCUT2D eigenvalue weighted by Crippen LogP contribution is 2.19. The molecule has 1 saturated heterocycles. The monoisotopic (exact) mass is 270 g/mol. The number of hydrogen-bond donors (Lipinski definition) is 1. The Labute approximate surface area is 118 Å². The van der Waals surface area contributed by atoms with E-state index >= 15 is 0 Å². The fourth-order valence-electron chi connectivity index (χ4n) is 2.21. The first-order valence-corrected chi connectivity index (χ1v) is 6.81. The van der Waals surface area contributed by atoms with Gasteiger partial charge in [-0.25, -0.2) is 4.98 Å². The molecule has 1 aromatic carbocycles. The van der Waals surface area contributed by atoms with Gasteiger partial charge in [0.05, 0.1) is 13.2 Å². The molecule has 5 nitrogen and oxygen atoms in total. The van der Waals surface area contributed by atoms with E-state index < -0.39 is 0 Å². The molecule has 0 spiro atoms. The van der Waals surface area contributed by atoms with E-state index in [0.29, 0.717) is 5.95 Å². The van der Waals surface area contributed by atoms with Crippen molar-refractivity contribution in [3.8, 4) is 0 Å². The van der Waals surface area contributed by atoms with Crippen LogP contribution in [0.2, 0.25) is 0 Å². The third-order valence-corrected chi connectivity index (χ3v) is 3.37. The van der Waals surface area contributed by atoms with Gasteiger partial charge in [-0.15, -0.1) is 0 Å². The first-order valence-electron chi connectivity index (χ1n) is 6.81. The highest BCUT2D eigenvalue weighted by molar-refractivity contribution is 5.59. The zero-order valence-electron chi connectivity index (χ0n) is 11.5. The first kappa shape index (κ1) is 12.9. The number of hydrogen-bond acceptors (Lipinski definition) is 5. The molecule has 0 saturated carbocycles. The van der Waals surface area contributed by atoms with E-state index in [1.54, 1.807) is 6.20 Å². The Morgan fingerprint density at radius 2 is 1.95 bits per heavy atom. The zero-order valence-corrected chi connectivity index (χ0v) is 11.5. The maximum Gasteiger partial charge on any atom is 0.229 e. The van der Waals surface area contributed by atoms with Crippen LogP contribution in [0.5, 0.6) is 0 Å². The second-order valence-electron chi connectivity index (χ2n) is 4.78. The van der Waals surface area contributed by atoms with E-state index in [1.807, 2.05) is 24.3 Å². The van der Waals surface area contributed by atoms with Gasteiger partial charge in [-0.1, -0.05) is 18.2 Å². The number of morpholine rings is 1. The van der Waals surface area contributed by atoms with Crippen molar-refractivity contribution in [3.63, 3.8) is 0 Å². The van der Waals surface area contributed by atoms with Gasteiger partial charge in [0, 0.05) is 25.0 Å². The summed E-state index contributed by atoms with van der Waals surface area (Å²) in [5, 5.41) is 3.27. The maximum absolute atomic E-state index is 5.36. The van der Waals surface area contributed by atoms with E-state index in [1.165, 1.54) is 5.56 Å². The lowest BCUT2D eigenvalue weighted by molar-refractivity contribution is 0.122. The van der Waals surface area contributed by atoms with E-state index in [2.05, 4.69) is 33.2 Å². The number of anilines is 3. The van der Waals surface area contributed by atoms with Gasteiger partial charge in [-0.2, -0.15) is 4.98 Å². The van der Waals surface area contributed by atoms with Crippen LogP contribution in [0, 0.1) is 6.92 Å². The molecule has 0 atom stereocenters. The van der Waals surface area contributed by atoms with Crippen molar-refractivity contribution >= 4 is 17.5 Å². The summed E-state index contributed by atoms with van der Waals surface area (Å²) >= 11 is 0. The van der Waals surface area contributed by atoms with Crippen LogP contribution in [0.1, 0.15) is 5.56 Å². The summed E-state index contributed by atoms with van der Waals surface area (Å²) in [5.74, 6) is 1.57. The highest BCUT2D eigenvalue weighted by Gasteiger charge is 2.13. The number of nitrogens with one attached hydrogen (secondary N) is 1. The van der Waals surface area contributed by atoms with Gasteiger partial charge in [0.15, 0.2) is 0 Å². The van der Waals surface area contributed by atoms with Gasteiger partial charge in [-0.3, -0.25) is 0 Å². The second kappa shape index (κ2) is 5.88. The second-order valence-corrected chi connectivity index (χ2v) is 4.78. The zero-order chi connectivity index (χ0) is 13.8. The molecule has 1 fully saturated rings. The van der Waals surface area contributed by atoms with Crippen LogP contribution >= 0.6 is 0 Å². The van der Waals surface area contributed by atoms with Crippen molar-refractivity contribution in [2.24, 2.45) is 0 Å². The standard InChI is InChI=1S/C15H18N4O/c1-12-4-2-3-5-13(12)17-15-16-7-6-14(18-15)19-8-10-20-11-9-19/h2-7H,8-11H2,1H3,(H,16,17,18). The van der Waals surface area contributed by atoms with E-state index in [9.17, 15) is 0 Å². The molecule has 20 heavy (non-hydrogen) atoms. The number of rotatable bonds is 3. The Bertz CT molecular complexity index is 582. The summed E-state index contributed by atoms with van der Waals surface area (Å²) in [6.07, 6.45) is 1.79. The summed E-state index contributed by atoms with van der Waals surface area (Å²) in [4.78, 5) is 11.1. The number of aryl methyl sites for hydroxylation is 1. The molecule has 1 aromatic heterocycles. The predicted octanol–water partition coefficient (Wildman–Crippen LogP) is 2.37. The SMILES string of the molecule is Cc1ccccc1Nc1nccc(N2CCOCC2)n1. The normalized spacial score (nSPS) is 15.2. The minimum absolute atomic E-state index is 0.628. The minimum Gasteiger partial charge on any atom is -0.378 e. The number of aromatic nitrogens is 2. The number of para-hydroxylation sites is 1. The van der Waals surface area contributed by atoms with Crippen molar-refractivity contribution in [1.29, 1.82) is 0 Å². The maximum atomic E-state index is 5.36. The van der Waals surface area contributed by atoms with E-state index in [0.717, 1.165) is 37.8 Å². The highest BCUT2D eigenvalue weighted by atomic mass is 16.5. The molecule has 0 amide bonds. The topological polar surface area (TPSA) is 50.3 Å². The van der Waals surface area contributed by atoms with Gasteiger partial charge >= 0.3 is 0 Å². The van der Waals surface area contributed by atoms with E-state index in [4.69, 9.17) is 4.74 Å². The van der Waals surface area contributed by atoms with Gasteiger partial charge in [0.25, 0.3) is 0 Å². The van der Waals surface area contributed by atoms with E-state index in [-0.39, 0.29) is 0 Å². The third kappa shape index (κ3) is 2.88. The summed E-state index contributed by atoms with van der Waals surface area (Å²) in [6.45, 7) is 5.32. The molecular formula is C15H18N4O. The van der Waals surface area contributed by atoms with Crippen molar-refractivity contribution in [1.82, 2.24) is 9.97 Å². The summed E-state index contributed by atoms with van der Waals surface area (Å²) in [5.41, 5.74) is 2.21. The van der Waals surface area contributed by atoms with Gasteiger partial charge in [0.2, 0.25) is 5.95 Å². The van der Waals surface area contributed by atoms with Crippen LogP contribution in [0.15, 0.2) is 36.5 Å². The lowest BCUT2D eigenvalue weighted by Crippen LogP contribution is -2.36. The van der Waals surface area contributed by atoms with Crippen molar-refractivity contribution < 1.29 is 4.74 Å². The minimum atomic E-state index is 0.628. The third-order valence-electron chi connectivity index (χ3n) is 3.37. The Morgan fingerprint density at radius 3 is 2.75 bits per heavy atom. The Morgan fingerprint density at radius 1 is 1.15 bits per heavy atom. The Kier molecular flexibility index (Phi) is 3.78. The molecule has 104 valence electrons. The number of nitrogens with zero attached hydrogens (tertiary/aromatic N) is 3. The molecule has 0 radical (unpaired) electrons. The van der Waals surface area contributed by atoms with Crippen LogP contribution in [0.3, 0.4) is 0 Å². The quantitative estimate of drug-likeness (QED) is 0.928. The molecule has 1 N–H and O–H groups in total. The molecular weight excluding hydrogens is 252 g/mol. The van der Waals surface area contributed by atoms with Gasteiger partial charge < -0.3 is 15.0 Å². The van der Waals surface area contributed by atoms with Crippen LogP contribution in [0.4, 0.5) is 17.5 Å². The average Bonchev–Trinajstić information content (AvgIpc) is 2.51. The fraction of sp³-hybridized carbons (Fsp3) is 0.333. The molecule has 0 aliphatic carbocycles. The summed E-state index contributed by atoms with van der Waals surface area (Å²) in [7, 11) is 0. The van der Waals surface area contributed by atoms with Crippen LogP contribution in [0.25, 0.3) is 0 Å². The largest absolute Gasteiger partial charge is 0.378 e. The van der Waals surface area contributed by atoms with Gasteiger partial charge in [-0.05, 0) is 24.6 Å². The van der Waals surface area contributed by atoms with Crippen LogP contribution < -0.4 is 10.2 Å². The van der Waals surface area contributed by atoms with Crippen molar-refractivity contribution in [2.75, 3.05) is 36.5 Å².